The molecule has 0 amide bonds. The Morgan fingerprint density at radius 1 is 1.28 bits per heavy atom. The Morgan fingerprint density at radius 2 is 2.00 bits per heavy atom. The van der Waals surface area contributed by atoms with Gasteiger partial charge in [0.2, 0.25) is 0 Å². The fourth-order valence-electron chi connectivity index (χ4n) is 1.94. The van der Waals surface area contributed by atoms with E-state index in [9.17, 15) is 0 Å². The molecule has 0 aliphatic heterocycles. The van der Waals surface area contributed by atoms with Crippen LogP contribution < -0.4 is 5.32 Å². The second-order valence-corrected chi connectivity index (χ2v) is 5.60. The van der Waals surface area contributed by atoms with Crippen molar-refractivity contribution >= 4 is 11.3 Å². The monoisotopic (exact) mass is 261 g/mol. The molecule has 0 aromatic carbocycles. The van der Waals surface area contributed by atoms with E-state index >= 15 is 0 Å². The number of pyridine rings is 1. The number of hydrogen-bond donors (Lipinski definition) is 1. The second-order valence-electron chi connectivity index (χ2n) is 4.72. The standard InChI is InChI=1S/C14H19N3S/c1-10(2)12(8-15-3)14-17-13(9-18-14)11-4-6-16-7-5-11/h4-7,9-10,12,15H,8H2,1-3H3. The molecule has 2 aromatic heterocycles. The lowest BCUT2D eigenvalue weighted by molar-refractivity contribution is 0.477. The first-order valence-corrected chi connectivity index (χ1v) is 7.10. The van der Waals surface area contributed by atoms with Crippen molar-refractivity contribution in [1.82, 2.24) is 15.3 Å². The van der Waals surface area contributed by atoms with Gasteiger partial charge in [-0.3, -0.25) is 4.98 Å². The summed E-state index contributed by atoms with van der Waals surface area (Å²) >= 11 is 1.75. The van der Waals surface area contributed by atoms with Gasteiger partial charge in [-0.05, 0) is 25.1 Å². The van der Waals surface area contributed by atoms with E-state index < -0.39 is 0 Å². The van der Waals surface area contributed by atoms with Gasteiger partial charge in [0, 0.05) is 35.8 Å². The topological polar surface area (TPSA) is 37.8 Å². The van der Waals surface area contributed by atoms with E-state index in [0.717, 1.165) is 17.8 Å². The van der Waals surface area contributed by atoms with Gasteiger partial charge in [-0.2, -0.15) is 0 Å². The summed E-state index contributed by atoms with van der Waals surface area (Å²) < 4.78 is 0. The molecular weight excluding hydrogens is 242 g/mol. The van der Waals surface area contributed by atoms with Gasteiger partial charge in [-0.1, -0.05) is 13.8 Å². The van der Waals surface area contributed by atoms with Crippen LogP contribution in [0.5, 0.6) is 0 Å². The lowest BCUT2D eigenvalue weighted by Gasteiger charge is -2.17. The number of hydrogen-bond acceptors (Lipinski definition) is 4. The van der Waals surface area contributed by atoms with Crippen LogP contribution in [0.4, 0.5) is 0 Å². The highest BCUT2D eigenvalue weighted by Crippen LogP contribution is 2.30. The lowest BCUT2D eigenvalue weighted by Crippen LogP contribution is -2.21. The van der Waals surface area contributed by atoms with Gasteiger partial charge in [-0.25, -0.2) is 4.98 Å². The zero-order chi connectivity index (χ0) is 13.0. The largest absolute Gasteiger partial charge is 0.319 e. The number of aromatic nitrogens is 2. The van der Waals surface area contributed by atoms with E-state index in [0.29, 0.717) is 11.8 Å². The molecule has 2 rings (SSSR count). The maximum Gasteiger partial charge on any atom is 0.0978 e. The molecule has 0 spiro atoms. The number of thiazole rings is 1. The predicted molar refractivity (Wildman–Crippen MR) is 76.9 cm³/mol. The fraction of sp³-hybridized carbons (Fsp3) is 0.429. The molecule has 0 bridgehead atoms. The second kappa shape index (κ2) is 6.07. The maximum absolute atomic E-state index is 4.77. The van der Waals surface area contributed by atoms with E-state index in [2.05, 4.69) is 29.5 Å². The first-order chi connectivity index (χ1) is 8.72. The number of rotatable bonds is 5. The number of likely N-dealkylation sites (N-methyl/N-ethyl adjacent to an activating group) is 1. The van der Waals surface area contributed by atoms with Crippen LogP contribution in [0.1, 0.15) is 24.8 Å². The Hall–Kier alpha value is -1.26. The van der Waals surface area contributed by atoms with Crippen LogP contribution in [0.3, 0.4) is 0 Å². The zero-order valence-corrected chi connectivity index (χ0v) is 11.9. The van der Waals surface area contributed by atoms with E-state index in [-0.39, 0.29) is 0 Å². The summed E-state index contributed by atoms with van der Waals surface area (Å²) in [7, 11) is 1.99. The molecule has 0 saturated carbocycles. The third kappa shape index (κ3) is 2.94. The molecule has 96 valence electrons. The Kier molecular flexibility index (Phi) is 4.44. The van der Waals surface area contributed by atoms with E-state index in [1.54, 1.807) is 11.3 Å². The minimum Gasteiger partial charge on any atom is -0.319 e. The summed E-state index contributed by atoms with van der Waals surface area (Å²) in [5.74, 6) is 1.07. The third-order valence-corrected chi connectivity index (χ3v) is 4.02. The molecule has 0 aliphatic carbocycles. The highest BCUT2D eigenvalue weighted by Gasteiger charge is 2.18. The molecule has 2 aromatic rings. The molecule has 4 heteroatoms. The van der Waals surface area contributed by atoms with Gasteiger partial charge in [0.15, 0.2) is 0 Å². The van der Waals surface area contributed by atoms with Crippen LogP contribution in [0.15, 0.2) is 29.9 Å². The number of nitrogens with one attached hydrogen (secondary N) is 1. The van der Waals surface area contributed by atoms with E-state index in [1.165, 1.54) is 5.01 Å². The summed E-state index contributed by atoms with van der Waals surface area (Å²) in [5, 5.41) is 6.60. The molecule has 0 aliphatic rings. The Morgan fingerprint density at radius 3 is 2.61 bits per heavy atom. The average molecular weight is 261 g/mol. The minimum atomic E-state index is 0.482. The van der Waals surface area contributed by atoms with Crippen LogP contribution in [0.25, 0.3) is 11.3 Å². The maximum atomic E-state index is 4.77. The van der Waals surface area contributed by atoms with Crippen molar-refractivity contribution in [3.63, 3.8) is 0 Å². The molecule has 18 heavy (non-hydrogen) atoms. The van der Waals surface area contributed by atoms with Crippen molar-refractivity contribution in [1.29, 1.82) is 0 Å². The van der Waals surface area contributed by atoms with Crippen LogP contribution >= 0.6 is 11.3 Å². The summed E-state index contributed by atoms with van der Waals surface area (Å²) in [6, 6.07) is 4.00. The Balaban J connectivity index is 2.24. The molecule has 0 radical (unpaired) electrons. The van der Waals surface area contributed by atoms with Crippen LogP contribution in [-0.4, -0.2) is 23.6 Å². The van der Waals surface area contributed by atoms with Crippen molar-refractivity contribution in [3.8, 4) is 11.3 Å². The first kappa shape index (κ1) is 13.2. The predicted octanol–water partition coefficient (Wildman–Crippen LogP) is 3.16. The molecule has 0 saturated heterocycles. The normalized spacial score (nSPS) is 12.9. The van der Waals surface area contributed by atoms with Gasteiger partial charge < -0.3 is 5.32 Å². The quantitative estimate of drug-likeness (QED) is 0.898. The fourth-order valence-corrected chi connectivity index (χ4v) is 3.04. The molecule has 3 nitrogen and oxygen atoms in total. The average Bonchev–Trinajstić information content (AvgIpc) is 2.86. The minimum absolute atomic E-state index is 0.482. The van der Waals surface area contributed by atoms with Crippen molar-refractivity contribution in [2.24, 2.45) is 5.92 Å². The van der Waals surface area contributed by atoms with Gasteiger partial charge in [0.1, 0.15) is 0 Å². The Labute approximate surface area is 112 Å². The number of nitrogens with zero attached hydrogens (tertiary/aromatic N) is 2. The van der Waals surface area contributed by atoms with Crippen molar-refractivity contribution in [3.05, 3.63) is 34.9 Å². The SMILES string of the molecule is CNCC(c1nc(-c2ccncc2)cs1)C(C)C. The lowest BCUT2D eigenvalue weighted by atomic mass is 9.96. The molecule has 1 N–H and O–H groups in total. The van der Waals surface area contributed by atoms with Gasteiger partial charge in [-0.15, -0.1) is 11.3 Å². The Bertz CT molecular complexity index is 479. The van der Waals surface area contributed by atoms with E-state index in [4.69, 9.17) is 4.98 Å². The molecule has 1 unspecified atom stereocenters. The summed E-state index contributed by atoms with van der Waals surface area (Å²) in [5.41, 5.74) is 2.19. The first-order valence-electron chi connectivity index (χ1n) is 6.22. The van der Waals surface area contributed by atoms with E-state index in [1.807, 2.05) is 31.6 Å². The van der Waals surface area contributed by atoms with Crippen LogP contribution in [0, 0.1) is 5.92 Å². The summed E-state index contributed by atoms with van der Waals surface area (Å²) in [4.78, 5) is 8.81. The highest BCUT2D eigenvalue weighted by molar-refractivity contribution is 7.10. The van der Waals surface area contributed by atoms with Gasteiger partial charge in [0.25, 0.3) is 0 Å². The molecule has 0 fully saturated rings. The van der Waals surface area contributed by atoms with Crippen LogP contribution in [0.2, 0.25) is 0 Å². The zero-order valence-electron chi connectivity index (χ0n) is 11.1. The summed E-state index contributed by atoms with van der Waals surface area (Å²) in [6.07, 6.45) is 3.61. The highest BCUT2D eigenvalue weighted by atomic mass is 32.1. The van der Waals surface area contributed by atoms with Crippen molar-refractivity contribution in [2.75, 3.05) is 13.6 Å². The van der Waals surface area contributed by atoms with Crippen molar-refractivity contribution in [2.45, 2.75) is 19.8 Å². The smallest absolute Gasteiger partial charge is 0.0978 e. The molecular formula is C14H19N3S. The molecule has 1 atom stereocenters. The van der Waals surface area contributed by atoms with Crippen molar-refractivity contribution < 1.29 is 0 Å². The summed E-state index contributed by atoms with van der Waals surface area (Å²) in [6.45, 7) is 5.46. The third-order valence-electron chi connectivity index (χ3n) is 3.04. The van der Waals surface area contributed by atoms with Gasteiger partial charge >= 0.3 is 0 Å². The van der Waals surface area contributed by atoms with Crippen LogP contribution in [-0.2, 0) is 0 Å². The van der Waals surface area contributed by atoms with Gasteiger partial charge in [0.05, 0.1) is 10.7 Å². The molecule has 2 heterocycles.